The van der Waals surface area contributed by atoms with E-state index in [9.17, 15) is 0 Å². The Morgan fingerprint density at radius 2 is 1.87 bits per heavy atom. The fraction of sp³-hybridized carbons (Fsp3) is 0.250. The molecule has 0 atom stereocenters. The Kier molecular flexibility index (Phi) is 2.94. The minimum atomic E-state index is 0.940. The highest BCUT2D eigenvalue weighted by molar-refractivity contribution is 9.11. The van der Waals surface area contributed by atoms with Gasteiger partial charge in [0.05, 0.1) is 5.69 Å². The smallest absolute Gasteiger partial charge is 0.159 e. The molecule has 3 heteroatoms. The maximum Gasteiger partial charge on any atom is 0.159 e. The second kappa shape index (κ2) is 4.06. The van der Waals surface area contributed by atoms with Crippen LogP contribution in [-0.4, -0.2) is 4.98 Å². The number of aromatic nitrogens is 1. The average Bonchev–Trinajstić information content (AvgIpc) is 2.61. The van der Waals surface area contributed by atoms with Crippen LogP contribution < -0.4 is 0 Å². The highest BCUT2D eigenvalue weighted by atomic mass is 79.9. The predicted octanol–water partition coefficient (Wildman–Crippen LogP) is 4.50. The molecule has 1 nitrogen and oxygen atoms in total. The Labute approximate surface area is 102 Å². The Morgan fingerprint density at radius 3 is 2.47 bits per heavy atom. The van der Waals surface area contributed by atoms with Crippen molar-refractivity contribution in [3.63, 3.8) is 0 Å². The average molecular weight is 282 g/mol. The van der Waals surface area contributed by atoms with Crippen molar-refractivity contribution in [2.45, 2.75) is 20.8 Å². The minimum Gasteiger partial charge on any atom is -0.229 e. The van der Waals surface area contributed by atoms with Crippen LogP contribution in [0.1, 0.15) is 16.7 Å². The molecule has 1 heterocycles. The van der Waals surface area contributed by atoms with E-state index in [2.05, 4.69) is 59.2 Å². The van der Waals surface area contributed by atoms with Gasteiger partial charge in [0.2, 0.25) is 0 Å². The summed E-state index contributed by atoms with van der Waals surface area (Å²) in [6, 6.07) is 4.31. The van der Waals surface area contributed by atoms with Crippen LogP contribution in [0, 0.1) is 20.8 Å². The maximum absolute atomic E-state index is 4.45. The molecule has 0 spiro atoms. The standard InChI is InChI=1S/C12H12BrNS/c1-7-4-5-10(9(3)8(7)2)11-6-15-12(13)14-11/h4-6H,1-3H3. The molecule has 0 saturated carbocycles. The zero-order chi connectivity index (χ0) is 11.0. The van der Waals surface area contributed by atoms with E-state index in [1.54, 1.807) is 11.3 Å². The van der Waals surface area contributed by atoms with Crippen molar-refractivity contribution in [3.05, 3.63) is 38.1 Å². The highest BCUT2D eigenvalue weighted by Crippen LogP contribution is 2.29. The number of thiazole rings is 1. The van der Waals surface area contributed by atoms with Crippen molar-refractivity contribution in [2.24, 2.45) is 0 Å². The first-order chi connectivity index (χ1) is 7.09. The van der Waals surface area contributed by atoms with Gasteiger partial charge in [0.1, 0.15) is 0 Å². The first-order valence-corrected chi connectivity index (χ1v) is 6.45. The summed E-state index contributed by atoms with van der Waals surface area (Å²) in [5, 5.41) is 2.08. The normalized spacial score (nSPS) is 10.7. The second-order valence-electron chi connectivity index (χ2n) is 3.67. The highest BCUT2D eigenvalue weighted by Gasteiger charge is 2.08. The molecule has 0 bridgehead atoms. The van der Waals surface area contributed by atoms with Crippen molar-refractivity contribution < 1.29 is 0 Å². The van der Waals surface area contributed by atoms with Gasteiger partial charge in [-0.2, -0.15) is 0 Å². The summed E-state index contributed by atoms with van der Waals surface area (Å²) in [6.07, 6.45) is 0. The quantitative estimate of drug-likeness (QED) is 0.750. The molecule has 2 aromatic rings. The van der Waals surface area contributed by atoms with E-state index in [-0.39, 0.29) is 0 Å². The lowest BCUT2D eigenvalue weighted by Gasteiger charge is -2.08. The van der Waals surface area contributed by atoms with E-state index in [1.165, 1.54) is 22.3 Å². The molecule has 0 saturated heterocycles. The topological polar surface area (TPSA) is 12.9 Å². The SMILES string of the molecule is Cc1ccc(-c2csc(Br)n2)c(C)c1C. The van der Waals surface area contributed by atoms with Crippen LogP contribution in [0.4, 0.5) is 0 Å². The molecule has 1 aromatic carbocycles. The zero-order valence-corrected chi connectivity index (χ0v) is 11.4. The number of hydrogen-bond donors (Lipinski definition) is 0. The first-order valence-electron chi connectivity index (χ1n) is 4.78. The van der Waals surface area contributed by atoms with Crippen molar-refractivity contribution in [1.29, 1.82) is 0 Å². The molecule has 0 aliphatic carbocycles. The lowest BCUT2D eigenvalue weighted by Crippen LogP contribution is -1.90. The third kappa shape index (κ3) is 1.99. The molecule has 1 aromatic heterocycles. The van der Waals surface area contributed by atoms with Gasteiger partial charge in [-0.05, 0) is 53.4 Å². The third-order valence-electron chi connectivity index (χ3n) is 2.81. The van der Waals surface area contributed by atoms with Gasteiger partial charge in [-0.3, -0.25) is 0 Å². The summed E-state index contributed by atoms with van der Waals surface area (Å²) in [5.41, 5.74) is 6.32. The summed E-state index contributed by atoms with van der Waals surface area (Å²) in [6.45, 7) is 6.46. The van der Waals surface area contributed by atoms with E-state index >= 15 is 0 Å². The van der Waals surface area contributed by atoms with E-state index in [0.29, 0.717) is 0 Å². The molecule has 2 rings (SSSR count). The van der Waals surface area contributed by atoms with Crippen LogP contribution in [0.15, 0.2) is 21.4 Å². The van der Waals surface area contributed by atoms with Crippen molar-refractivity contribution in [2.75, 3.05) is 0 Å². The molecule has 0 N–H and O–H groups in total. The number of halogens is 1. The number of benzene rings is 1. The Morgan fingerprint density at radius 1 is 1.13 bits per heavy atom. The van der Waals surface area contributed by atoms with Crippen LogP contribution >= 0.6 is 27.3 Å². The summed E-state index contributed by atoms with van der Waals surface area (Å²) in [4.78, 5) is 4.45. The maximum atomic E-state index is 4.45. The number of hydrogen-bond acceptors (Lipinski definition) is 2. The summed E-state index contributed by atoms with van der Waals surface area (Å²) in [5.74, 6) is 0. The van der Waals surface area contributed by atoms with Crippen LogP contribution in [-0.2, 0) is 0 Å². The lowest BCUT2D eigenvalue weighted by atomic mass is 9.97. The molecular formula is C12H12BrNS. The molecule has 0 unspecified atom stereocenters. The van der Waals surface area contributed by atoms with Crippen molar-refractivity contribution in [3.8, 4) is 11.3 Å². The lowest BCUT2D eigenvalue weighted by molar-refractivity contribution is 1.25. The van der Waals surface area contributed by atoms with Gasteiger partial charge < -0.3 is 0 Å². The Hall–Kier alpha value is -0.670. The third-order valence-corrected chi connectivity index (χ3v) is 4.18. The van der Waals surface area contributed by atoms with E-state index in [1.807, 2.05) is 0 Å². The van der Waals surface area contributed by atoms with E-state index in [0.717, 1.165) is 9.61 Å². The molecule has 0 amide bonds. The molecule has 0 radical (unpaired) electrons. The van der Waals surface area contributed by atoms with Crippen LogP contribution in [0.3, 0.4) is 0 Å². The summed E-state index contributed by atoms with van der Waals surface area (Å²) >= 11 is 5.02. The van der Waals surface area contributed by atoms with Gasteiger partial charge in [-0.1, -0.05) is 12.1 Å². The number of rotatable bonds is 1. The first kappa shape index (κ1) is 10.8. The van der Waals surface area contributed by atoms with E-state index < -0.39 is 0 Å². The summed E-state index contributed by atoms with van der Waals surface area (Å²) in [7, 11) is 0. The molecule has 0 aliphatic rings. The van der Waals surface area contributed by atoms with Crippen LogP contribution in [0.5, 0.6) is 0 Å². The number of aryl methyl sites for hydroxylation is 1. The van der Waals surface area contributed by atoms with Crippen LogP contribution in [0.2, 0.25) is 0 Å². The van der Waals surface area contributed by atoms with Gasteiger partial charge in [0.15, 0.2) is 3.92 Å². The fourth-order valence-corrected chi connectivity index (χ4v) is 2.62. The molecule has 0 fully saturated rings. The van der Waals surface area contributed by atoms with Gasteiger partial charge in [-0.15, -0.1) is 11.3 Å². The number of nitrogens with zero attached hydrogens (tertiary/aromatic N) is 1. The molecule has 0 aliphatic heterocycles. The van der Waals surface area contributed by atoms with E-state index in [4.69, 9.17) is 0 Å². The predicted molar refractivity (Wildman–Crippen MR) is 69.5 cm³/mol. The van der Waals surface area contributed by atoms with Crippen LogP contribution in [0.25, 0.3) is 11.3 Å². The minimum absolute atomic E-state index is 0.940. The van der Waals surface area contributed by atoms with Gasteiger partial charge in [-0.25, -0.2) is 4.98 Å². The van der Waals surface area contributed by atoms with Crippen molar-refractivity contribution in [1.82, 2.24) is 4.98 Å². The Balaban J connectivity index is 2.59. The van der Waals surface area contributed by atoms with Gasteiger partial charge in [0.25, 0.3) is 0 Å². The van der Waals surface area contributed by atoms with Gasteiger partial charge in [0, 0.05) is 10.9 Å². The zero-order valence-electron chi connectivity index (χ0n) is 8.97. The van der Waals surface area contributed by atoms with Crippen molar-refractivity contribution >= 4 is 27.3 Å². The second-order valence-corrected chi connectivity index (χ2v) is 5.80. The fourth-order valence-electron chi connectivity index (χ4n) is 1.61. The summed E-state index contributed by atoms with van der Waals surface area (Å²) < 4.78 is 0.940. The largest absolute Gasteiger partial charge is 0.229 e. The van der Waals surface area contributed by atoms with Gasteiger partial charge >= 0.3 is 0 Å². The monoisotopic (exact) mass is 281 g/mol. The molecule has 78 valence electrons. The molecular weight excluding hydrogens is 270 g/mol. The molecule has 15 heavy (non-hydrogen) atoms. The Bertz CT molecular complexity index is 502.